The molecule has 0 spiro atoms. The lowest BCUT2D eigenvalue weighted by Crippen LogP contribution is -2.08. The molecule has 0 saturated heterocycles. The zero-order valence-corrected chi connectivity index (χ0v) is 28.8. The van der Waals surface area contributed by atoms with Crippen LogP contribution in [0.4, 0.5) is 0 Å². The van der Waals surface area contributed by atoms with Crippen molar-refractivity contribution < 1.29 is 4.42 Å². The molecule has 0 unspecified atom stereocenters. The SMILES string of the molecule is c1ccc2c3ccccc3n(-c3ccc(-c4nc5c(-c6ccccc6)cc(-c6ccccc6)cc5o4)cc3-n3c4c(c5ccccc53)C=CCC4)c2c#1. The van der Waals surface area contributed by atoms with Crippen molar-refractivity contribution in [1.82, 2.24) is 14.1 Å². The second-order valence-electron chi connectivity index (χ2n) is 13.7. The monoisotopic (exact) mass is 677 g/mol. The van der Waals surface area contributed by atoms with Gasteiger partial charge in [-0.05, 0) is 90.2 Å². The molecule has 0 bridgehead atoms. The maximum absolute atomic E-state index is 6.77. The minimum atomic E-state index is 0.586. The minimum absolute atomic E-state index is 0.586. The Labute approximate surface area is 306 Å². The Bertz CT molecular complexity index is 3000. The lowest BCUT2D eigenvalue weighted by molar-refractivity contribution is 0.620. The van der Waals surface area contributed by atoms with Crippen LogP contribution >= 0.6 is 0 Å². The molecule has 4 nitrogen and oxygen atoms in total. The topological polar surface area (TPSA) is 35.9 Å². The molecule has 4 heteroatoms. The van der Waals surface area contributed by atoms with Crippen LogP contribution in [0.1, 0.15) is 17.7 Å². The van der Waals surface area contributed by atoms with E-state index in [1.165, 1.54) is 27.5 Å². The van der Waals surface area contributed by atoms with Crippen LogP contribution in [0, 0.1) is 12.1 Å². The lowest BCUT2D eigenvalue weighted by Gasteiger charge is -2.19. The third kappa shape index (κ3) is 4.61. The number of rotatable bonds is 5. The van der Waals surface area contributed by atoms with Gasteiger partial charge in [-0.3, -0.25) is 4.57 Å². The fourth-order valence-corrected chi connectivity index (χ4v) is 8.30. The summed E-state index contributed by atoms with van der Waals surface area (Å²) in [5, 5.41) is 3.59. The first-order chi connectivity index (χ1) is 26.3. The summed E-state index contributed by atoms with van der Waals surface area (Å²) in [7, 11) is 0. The Balaban J connectivity index is 1.20. The molecule has 7 aromatic carbocycles. The van der Waals surface area contributed by atoms with Gasteiger partial charge in [0.25, 0.3) is 0 Å². The molecule has 1 aliphatic carbocycles. The van der Waals surface area contributed by atoms with Crippen LogP contribution in [0.3, 0.4) is 0 Å². The van der Waals surface area contributed by atoms with Crippen LogP contribution in [0.2, 0.25) is 0 Å². The summed E-state index contributed by atoms with van der Waals surface area (Å²) >= 11 is 0. The van der Waals surface area contributed by atoms with Gasteiger partial charge in [-0.1, -0.05) is 115 Å². The summed E-state index contributed by atoms with van der Waals surface area (Å²) in [6.07, 6.45) is 6.53. The molecule has 0 N–H and O–H groups in total. The van der Waals surface area contributed by atoms with E-state index in [1.807, 2.05) is 18.2 Å². The average Bonchev–Trinajstić information content (AvgIpc) is 3.91. The van der Waals surface area contributed by atoms with E-state index in [1.54, 1.807) is 0 Å². The first-order valence-electron chi connectivity index (χ1n) is 18.1. The third-order valence-corrected chi connectivity index (χ3v) is 10.7. The number of hydrogen-bond acceptors (Lipinski definition) is 2. The van der Waals surface area contributed by atoms with Crippen LogP contribution in [0.15, 0.2) is 162 Å². The van der Waals surface area contributed by atoms with Crippen molar-refractivity contribution in [2.75, 3.05) is 0 Å². The number of aromatic nitrogens is 3. The number of oxazole rings is 1. The van der Waals surface area contributed by atoms with Gasteiger partial charge in [0.1, 0.15) is 11.0 Å². The molecule has 0 fully saturated rings. The van der Waals surface area contributed by atoms with Gasteiger partial charge in [-0.15, -0.1) is 0 Å². The summed E-state index contributed by atoms with van der Waals surface area (Å²) in [6, 6.07) is 60.1. The van der Waals surface area contributed by atoms with Crippen molar-refractivity contribution in [2.45, 2.75) is 12.8 Å². The highest BCUT2D eigenvalue weighted by Gasteiger charge is 2.24. The number of para-hydroxylation sites is 2. The fourth-order valence-electron chi connectivity index (χ4n) is 8.30. The van der Waals surface area contributed by atoms with Gasteiger partial charge in [0.05, 0.1) is 22.4 Å². The highest BCUT2D eigenvalue weighted by molar-refractivity contribution is 6.09. The van der Waals surface area contributed by atoms with Crippen LogP contribution in [0.25, 0.3) is 95.0 Å². The molecule has 0 saturated carbocycles. The van der Waals surface area contributed by atoms with Crippen molar-refractivity contribution in [2.24, 2.45) is 0 Å². The zero-order chi connectivity index (χ0) is 34.9. The second kappa shape index (κ2) is 11.7. The summed E-state index contributed by atoms with van der Waals surface area (Å²) in [4.78, 5) is 5.25. The molecule has 53 heavy (non-hydrogen) atoms. The van der Waals surface area contributed by atoms with Crippen LogP contribution in [0.5, 0.6) is 0 Å². The lowest BCUT2D eigenvalue weighted by atomic mass is 9.98. The normalized spacial score (nSPS) is 12.5. The van der Waals surface area contributed by atoms with Gasteiger partial charge in [-0.25, -0.2) is 4.98 Å². The van der Waals surface area contributed by atoms with Gasteiger partial charge >= 0.3 is 0 Å². The molecule has 0 amide bonds. The highest BCUT2D eigenvalue weighted by Crippen LogP contribution is 2.41. The predicted octanol–water partition coefficient (Wildman–Crippen LogP) is 12.4. The van der Waals surface area contributed by atoms with Gasteiger partial charge in [0.15, 0.2) is 5.58 Å². The zero-order valence-electron chi connectivity index (χ0n) is 28.8. The first-order valence-corrected chi connectivity index (χ1v) is 18.1. The van der Waals surface area contributed by atoms with E-state index < -0.39 is 0 Å². The van der Waals surface area contributed by atoms with Crippen LogP contribution in [-0.2, 0) is 6.42 Å². The van der Waals surface area contributed by atoms with Crippen LogP contribution < -0.4 is 0 Å². The van der Waals surface area contributed by atoms with E-state index in [0.717, 1.165) is 79.6 Å². The largest absolute Gasteiger partial charge is 0.436 e. The third-order valence-electron chi connectivity index (χ3n) is 10.7. The molecule has 11 rings (SSSR count). The number of nitrogens with zero attached hydrogens (tertiary/aromatic N) is 3. The average molecular weight is 678 g/mol. The molecule has 3 aromatic heterocycles. The quantitative estimate of drug-likeness (QED) is 0.182. The molecule has 10 aromatic rings. The standard InChI is InChI=1S/C49H31N3O/c1-3-15-32(16-4-1)35-29-40(33-17-5-2-6-18-33)48-47(31-35)53-49(50-48)34-27-28-45(51-41-23-11-7-19-36(41)37-20-8-12-24-42(37)51)46(30-34)52-43-25-13-9-21-38(43)39-22-10-14-26-44(39)52/h1-11,13,15-23,25,27-31H,14,26H2. The smallest absolute Gasteiger partial charge is 0.227 e. The van der Waals surface area contributed by atoms with Gasteiger partial charge in [0.2, 0.25) is 5.89 Å². The van der Waals surface area contributed by atoms with Crippen molar-refractivity contribution in [3.05, 3.63) is 181 Å². The van der Waals surface area contributed by atoms with Crippen molar-refractivity contribution in [3.63, 3.8) is 0 Å². The van der Waals surface area contributed by atoms with Crippen molar-refractivity contribution in [3.8, 4) is 45.1 Å². The summed E-state index contributed by atoms with van der Waals surface area (Å²) in [5.41, 5.74) is 14.9. The van der Waals surface area contributed by atoms with E-state index >= 15 is 0 Å². The van der Waals surface area contributed by atoms with Gasteiger partial charge in [-0.2, -0.15) is 0 Å². The van der Waals surface area contributed by atoms with E-state index in [9.17, 15) is 0 Å². The van der Waals surface area contributed by atoms with Crippen LogP contribution in [-0.4, -0.2) is 14.1 Å². The molecule has 3 heterocycles. The van der Waals surface area contributed by atoms with Gasteiger partial charge in [0, 0.05) is 38.5 Å². The molecular weight excluding hydrogens is 647 g/mol. The number of hydrogen-bond donors (Lipinski definition) is 0. The number of benzene rings is 6. The molecule has 0 aliphatic heterocycles. The van der Waals surface area contributed by atoms with Gasteiger partial charge < -0.3 is 8.98 Å². The Morgan fingerprint density at radius 3 is 2.15 bits per heavy atom. The van der Waals surface area contributed by atoms with E-state index in [4.69, 9.17) is 9.40 Å². The maximum Gasteiger partial charge on any atom is 0.227 e. The molecule has 1 aliphatic rings. The number of allylic oxidation sites excluding steroid dienone is 1. The molecule has 0 radical (unpaired) electrons. The van der Waals surface area contributed by atoms with Crippen molar-refractivity contribution in [1.29, 1.82) is 0 Å². The second-order valence-corrected chi connectivity index (χ2v) is 13.7. The Kier molecular flexibility index (Phi) is 6.56. The van der Waals surface area contributed by atoms with E-state index in [2.05, 4.69) is 167 Å². The summed E-state index contributed by atoms with van der Waals surface area (Å²) in [6.45, 7) is 0. The molecule has 0 atom stereocenters. The van der Waals surface area contributed by atoms with E-state index in [0.29, 0.717) is 5.89 Å². The predicted molar refractivity (Wildman–Crippen MR) is 217 cm³/mol. The minimum Gasteiger partial charge on any atom is -0.436 e. The maximum atomic E-state index is 6.77. The molecule has 248 valence electrons. The van der Waals surface area contributed by atoms with Crippen molar-refractivity contribution >= 4 is 49.9 Å². The Morgan fingerprint density at radius 1 is 0.585 bits per heavy atom. The summed E-state index contributed by atoms with van der Waals surface area (Å²) < 4.78 is 11.6. The summed E-state index contributed by atoms with van der Waals surface area (Å²) in [5.74, 6) is 0.586. The Morgan fingerprint density at radius 2 is 1.32 bits per heavy atom. The number of fused-ring (bicyclic) bond motifs is 7. The molecular formula is C49H31N3O. The first kappa shape index (κ1) is 29.6. The highest BCUT2D eigenvalue weighted by atomic mass is 16.3. The Hall–Kier alpha value is -7.09. The van der Waals surface area contributed by atoms with E-state index in [-0.39, 0.29) is 0 Å². The fraction of sp³-hybridized carbons (Fsp3) is 0.0408.